The molecule has 0 aliphatic carbocycles. The third-order valence-electron chi connectivity index (χ3n) is 3.15. The lowest BCUT2D eigenvalue weighted by Crippen LogP contribution is -2.16. The highest BCUT2D eigenvalue weighted by atomic mass is 15.1. The molecule has 1 N–H and O–H groups in total. The van der Waals surface area contributed by atoms with Crippen molar-refractivity contribution in [1.29, 1.82) is 0 Å². The average molecular weight is 207 g/mol. The van der Waals surface area contributed by atoms with Gasteiger partial charge in [-0.15, -0.1) is 0 Å². The van der Waals surface area contributed by atoms with E-state index in [2.05, 4.69) is 34.9 Å². The summed E-state index contributed by atoms with van der Waals surface area (Å²) < 4.78 is 2.39. The lowest BCUT2D eigenvalue weighted by atomic mass is 10.1. The number of rotatable bonds is 2. The molecule has 2 rings (SSSR count). The van der Waals surface area contributed by atoms with E-state index >= 15 is 0 Å². The molecule has 1 saturated heterocycles. The molecule has 3 nitrogen and oxygen atoms in total. The van der Waals surface area contributed by atoms with E-state index < -0.39 is 0 Å². The SMILES string of the molecule is CC(C)c1nccn1C1CCCNCC1. The summed E-state index contributed by atoms with van der Waals surface area (Å²) in [5.74, 6) is 1.76. The highest BCUT2D eigenvalue weighted by molar-refractivity contribution is 5.00. The molecule has 1 unspecified atom stereocenters. The minimum atomic E-state index is 0.524. The Labute approximate surface area is 91.9 Å². The Morgan fingerprint density at radius 3 is 3.07 bits per heavy atom. The molecule has 0 aromatic carbocycles. The fourth-order valence-corrected chi connectivity index (χ4v) is 2.36. The van der Waals surface area contributed by atoms with Gasteiger partial charge in [0.2, 0.25) is 0 Å². The van der Waals surface area contributed by atoms with Gasteiger partial charge in [-0.05, 0) is 32.4 Å². The van der Waals surface area contributed by atoms with Crippen LogP contribution in [-0.4, -0.2) is 22.6 Å². The summed E-state index contributed by atoms with van der Waals surface area (Å²) >= 11 is 0. The van der Waals surface area contributed by atoms with Gasteiger partial charge in [-0.1, -0.05) is 13.8 Å². The monoisotopic (exact) mass is 207 g/mol. The Morgan fingerprint density at radius 2 is 2.27 bits per heavy atom. The fourth-order valence-electron chi connectivity index (χ4n) is 2.36. The molecule has 0 saturated carbocycles. The zero-order chi connectivity index (χ0) is 10.7. The largest absolute Gasteiger partial charge is 0.332 e. The van der Waals surface area contributed by atoms with Gasteiger partial charge in [0.15, 0.2) is 0 Å². The minimum Gasteiger partial charge on any atom is -0.332 e. The Bertz CT molecular complexity index is 296. The van der Waals surface area contributed by atoms with Crippen molar-refractivity contribution in [2.45, 2.75) is 45.1 Å². The molecule has 1 aromatic rings. The summed E-state index contributed by atoms with van der Waals surface area (Å²) in [7, 11) is 0. The van der Waals surface area contributed by atoms with Gasteiger partial charge in [0.05, 0.1) is 0 Å². The Morgan fingerprint density at radius 1 is 1.40 bits per heavy atom. The van der Waals surface area contributed by atoms with Gasteiger partial charge in [0.25, 0.3) is 0 Å². The zero-order valence-electron chi connectivity index (χ0n) is 9.74. The molecule has 1 aliphatic heterocycles. The van der Waals surface area contributed by atoms with Crippen molar-refractivity contribution in [2.75, 3.05) is 13.1 Å². The summed E-state index contributed by atoms with van der Waals surface area (Å²) in [6.45, 7) is 6.74. The Hall–Kier alpha value is -0.830. The standard InChI is InChI=1S/C12H21N3/c1-10(2)12-14-8-9-15(12)11-4-3-6-13-7-5-11/h8-11,13H,3-7H2,1-2H3. The van der Waals surface area contributed by atoms with Crippen LogP contribution in [0.5, 0.6) is 0 Å². The zero-order valence-corrected chi connectivity index (χ0v) is 9.74. The summed E-state index contributed by atoms with van der Waals surface area (Å²) in [4.78, 5) is 4.46. The van der Waals surface area contributed by atoms with E-state index in [9.17, 15) is 0 Å². The van der Waals surface area contributed by atoms with Gasteiger partial charge < -0.3 is 9.88 Å². The van der Waals surface area contributed by atoms with Gasteiger partial charge in [0, 0.05) is 24.4 Å². The Kier molecular flexibility index (Phi) is 3.41. The van der Waals surface area contributed by atoms with Crippen LogP contribution >= 0.6 is 0 Å². The molecule has 84 valence electrons. The van der Waals surface area contributed by atoms with E-state index in [0.717, 1.165) is 6.54 Å². The van der Waals surface area contributed by atoms with Crippen LogP contribution in [0.1, 0.15) is 50.9 Å². The van der Waals surface area contributed by atoms with E-state index in [0.29, 0.717) is 12.0 Å². The maximum atomic E-state index is 4.46. The second kappa shape index (κ2) is 4.79. The molecular weight excluding hydrogens is 186 g/mol. The van der Waals surface area contributed by atoms with E-state index in [1.165, 1.54) is 31.6 Å². The highest BCUT2D eigenvalue weighted by Crippen LogP contribution is 2.24. The van der Waals surface area contributed by atoms with Crippen LogP contribution in [-0.2, 0) is 0 Å². The lowest BCUT2D eigenvalue weighted by Gasteiger charge is -2.19. The van der Waals surface area contributed by atoms with Gasteiger partial charge in [-0.2, -0.15) is 0 Å². The van der Waals surface area contributed by atoms with Crippen molar-refractivity contribution in [1.82, 2.24) is 14.9 Å². The van der Waals surface area contributed by atoms with Crippen molar-refractivity contribution < 1.29 is 0 Å². The molecule has 1 aromatic heterocycles. The van der Waals surface area contributed by atoms with Crippen LogP contribution in [0, 0.1) is 0 Å². The topological polar surface area (TPSA) is 29.9 Å². The predicted molar refractivity (Wildman–Crippen MR) is 62.1 cm³/mol. The molecule has 1 fully saturated rings. The molecule has 15 heavy (non-hydrogen) atoms. The van der Waals surface area contributed by atoms with Crippen molar-refractivity contribution in [3.8, 4) is 0 Å². The number of nitrogens with zero attached hydrogens (tertiary/aromatic N) is 2. The number of hydrogen-bond donors (Lipinski definition) is 1. The molecule has 1 atom stereocenters. The molecule has 0 spiro atoms. The van der Waals surface area contributed by atoms with E-state index in [1.807, 2.05) is 6.20 Å². The lowest BCUT2D eigenvalue weighted by molar-refractivity contribution is 0.432. The maximum absolute atomic E-state index is 4.46. The van der Waals surface area contributed by atoms with E-state index in [4.69, 9.17) is 0 Å². The second-order valence-electron chi connectivity index (χ2n) is 4.68. The second-order valence-corrected chi connectivity index (χ2v) is 4.68. The fraction of sp³-hybridized carbons (Fsp3) is 0.750. The summed E-state index contributed by atoms with van der Waals surface area (Å²) in [5, 5.41) is 3.45. The molecule has 0 amide bonds. The minimum absolute atomic E-state index is 0.524. The van der Waals surface area contributed by atoms with Crippen LogP contribution in [0.3, 0.4) is 0 Å². The van der Waals surface area contributed by atoms with E-state index in [1.54, 1.807) is 0 Å². The predicted octanol–water partition coefficient (Wildman–Crippen LogP) is 2.32. The summed E-state index contributed by atoms with van der Waals surface area (Å²) in [5.41, 5.74) is 0. The molecule has 1 aliphatic rings. The first-order chi connectivity index (χ1) is 7.29. The third kappa shape index (κ3) is 2.40. The number of nitrogens with one attached hydrogen (secondary N) is 1. The quantitative estimate of drug-likeness (QED) is 0.806. The van der Waals surface area contributed by atoms with Gasteiger partial charge in [-0.25, -0.2) is 4.98 Å². The van der Waals surface area contributed by atoms with E-state index in [-0.39, 0.29) is 0 Å². The smallest absolute Gasteiger partial charge is 0.111 e. The average Bonchev–Trinajstić information content (AvgIpc) is 2.55. The van der Waals surface area contributed by atoms with Crippen molar-refractivity contribution in [2.24, 2.45) is 0 Å². The summed E-state index contributed by atoms with van der Waals surface area (Å²) in [6, 6.07) is 0.653. The van der Waals surface area contributed by atoms with Crippen LogP contribution in [0.2, 0.25) is 0 Å². The van der Waals surface area contributed by atoms with Gasteiger partial charge in [-0.3, -0.25) is 0 Å². The summed E-state index contributed by atoms with van der Waals surface area (Å²) in [6.07, 6.45) is 7.87. The number of aromatic nitrogens is 2. The molecule has 2 heterocycles. The van der Waals surface area contributed by atoms with Crippen molar-refractivity contribution in [3.63, 3.8) is 0 Å². The van der Waals surface area contributed by atoms with Crippen LogP contribution in [0.15, 0.2) is 12.4 Å². The van der Waals surface area contributed by atoms with Crippen LogP contribution < -0.4 is 5.32 Å². The first-order valence-corrected chi connectivity index (χ1v) is 6.02. The Balaban J connectivity index is 2.15. The van der Waals surface area contributed by atoms with Crippen molar-refractivity contribution >= 4 is 0 Å². The first kappa shape index (κ1) is 10.7. The van der Waals surface area contributed by atoms with Gasteiger partial charge in [0.1, 0.15) is 5.82 Å². The van der Waals surface area contributed by atoms with Crippen LogP contribution in [0.4, 0.5) is 0 Å². The maximum Gasteiger partial charge on any atom is 0.111 e. The third-order valence-corrected chi connectivity index (χ3v) is 3.15. The van der Waals surface area contributed by atoms with Crippen LogP contribution in [0.25, 0.3) is 0 Å². The number of hydrogen-bond acceptors (Lipinski definition) is 2. The number of imidazole rings is 1. The highest BCUT2D eigenvalue weighted by Gasteiger charge is 2.17. The molecular formula is C12H21N3. The molecule has 0 bridgehead atoms. The van der Waals surface area contributed by atoms with Crippen molar-refractivity contribution in [3.05, 3.63) is 18.2 Å². The normalized spacial score (nSPS) is 23.0. The molecule has 3 heteroatoms. The molecule has 0 radical (unpaired) electrons. The first-order valence-electron chi connectivity index (χ1n) is 6.02. The van der Waals surface area contributed by atoms with Gasteiger partial charge >= 0.3 is 0 Å².